The Bertz CT molecular complexity index is 794. The van der Waals surface area contributed by atoms with Crippen molar-refractivity contribution in [2.24, 2.45) is 0 Å². The quantitative estimate of drug-likeness (QED) is 0.735. The highest BCUT2D eigenvalue weighted by Gasteiger charge is 2.18. The number of nitrogens with one attached hydrogen (secondary N) is 1. The van der Waals surface area contributed by atoms with Crippen molar-refractivity contribution in [2.45, 2.75) is 19.9 Å². The number of halogens is 1. The Hall–Kier alpha value is -2.96. The van der Waals surface area contributed by atoms with Crippen molar-refractivity contribution < 1.29 is 13.9 Å². The van der Waals surface area contributed by atoms with Crippen LogP contribution >= 0.6 is 0 Å². The molecular weight excluding hydrogens is 299 g/mol. The molecule has 1 N–H and O–H groups in total. The number of ether oxygens (including phenoxy) is 1. The normalized spacial score (nSPS) is 10.7. The lowest BCUT2D eigenvalue weighted by Gasteiger charge is -2.09. The van der Waals surface area contributed by atoms with Crippen molar-refractivity contribution >= 4 is 5.97 Å². The number of nitrogens with zero attached hydrogens (tertiary/aromatic N) is 3. The molecular formula is C16H15FN4O2. The summed E-state index contributed by atoms with van der Waals surface area (Å²) in [5.74, 6) is 0.326. The topological polar surface area (TPSA) is 72.8 Å². The van der Waals surface area contributed by atoms with Crippen molar-refractivity contribution in [3.8, 4) is 17.1 Å². The Kier molecular flexibility index (Phi) is 4.18. The molecule has 0 radical (unpaired) electrons. The lowest BCUT2D eigenvalue weighted by molar-refractivity contribution is -0.134. The first kappa shape index (κ1) is 15.0. The van der Waals surface area contributed by atoms with E-state index in [9.17, 15) is 9.18 Å². The number of hydrogen-bond donors (Lipinski definition) is 1. The molecule has 1 aromatic carbocycles. The summed E-state index contributed by atoms with van der Waals surface area (Å²) in [5.41, 5.74) is 1.15. The van der Waals surface area contributed by atoms with Gasteiger partial charge in [0, 0.05) is 24.4 Å². The molecule has 2 aromatic heterocycles. The van der Waals surface area contributed by atoms with Crippen LogP contribution in [0, 0.1) is 5.82 Å². The van der Waals surface area contributed by atoms with E-state index >= 15 is 0 Å². The fraction of sp³-hybridized carbons (Fsp3) is 0.188. The van der Waals surface area contributed by atoms with E-state index in [-0.39, 0.29) is 18.2 Å². The molecule has 0 aliphatic carbocycles. The first-order valence-electron chi connectivity index (χ1n) is 7.17. The highest BCUT2D eigenvalue weighted by Crippen LogP contribution is 2.29. The van der Waals surface area contributed by atoms with Gasteiger partial charge in [0.2, 0.25) is 5.88 Å². The molecule has 0 unspecified atom stereocenters. The molecule has 0 saturated carbocycles. The average molecular weight is 314 g/mol. The van der Waals surface area contributed by atoms with E-state index in [2.05, 4.69) is 15.0 Å². The summed E-state index contributed by atoms with van der Waals surface area (Å²) >= 11 is 0. The van der Waals surface area contributed by atoms with Crippen LogP contribution in [0.2, 0.25) is 0 Å². The minimum atomic E-state index is -0.366. The molecule has 0 saturated heterocycles. The summed E-state index contributed by atoms with van der Waals surface area (Å²) in [6, 6.07) is 5.87. The van der Waals surface area contributed by atoms with Crippen LogP contribution < -0.4 is 4.74 Å². The zero-order valence-electron chi connectivity index (χ0n) is 12.5. The molecule has 7 heteroatoms. The van der Waals surface area contributed by atoms with E-state index in [4.69, 9.17) is 4.74 Å². The van der Waals surface area contributed by atoms with E-state index in [1.165, 1.54) is 12.1 Å². The molecule has 0 amide bonds. The van der Waals surface area contributed by atoms with Crippen molar-refractivity contribution in [2.75, 3.05) is 0 Å². The molecule has 0 bridgehead atoms. The highest BCUT2D eigenvalue weighted by molar-refractivity contribution is 5.75. The third kappa shape index (κ3) is 3.28. The van der Waals surface area contributed by atoms with Gasteiger partial charge in [0.05, 0.1) is 12.9 Å². The molecule has 0 aliphatic heterocycles. The standard InChI is InChI=1S/C16H15FN4O2/c1-2-14(22)23-16-15(11-3-5-12(17)6-4-11)20-10-21(16)9-13-18-7-8-19-13/h3-8,10H,2,9H2,1H3,(H,18,19). The molecule has 0 fully saturated rings. The maximum Gasteiger partial charge on any atom is 0.312 e. The van der Waals surface area contributed by atoms with Crippen LogP contribution in [0.1, 0.15) is 19.2 Å². The molecule has 23 heavy (non-hydrogen) atoms. The number of carbonyl (C=O) groups excluding carboxylic acids is 1. The van der Waals surface area contributed by atoms with E-state index in [1.54, 1.807) is 42.3 Å². The number of hydrogen-bond acceptors (Lipinski definition) is 4. The van der Waals surface area contributed by atoms with Gasteiger partial charge in [-0.3, -0.25) is 9.36 Å². The number of rotatable bonds is 5. The van der Waals surface area contributed by atoms with Gasteiger partial charge in [-0.2, -0.15) is 0 Å². The summed E-state index contributed by atoms with van der Waals surface area (Å²) < 4.78 is 20.2. The summed E-state index contributed by atoms with van der Waals surface area (Å²) in [5, 5.41) is 0. The fourth-order valence-electron chi connectivity index (χ4n) is 2.12. The zero-order valence-corrected chi connectivity index (χ0v) is 12.5. The van der Waals surface area contributed by atoms with Crippen molar-refractivity contribution in [3.63, 3.8) is 0 Å². The molecule has 118 valence electrons. The first-order valence-corrected chi connectivity index (χ1v) is 7.17. The molecule has 3 aromatic rings. The second kappa shape index (κ2) is 6.43. The van der Waals surface area contributed by atoms with Gasteiger partial charge in [-0.25, -0.2) is 14.4 Å². The van der Waals surface area contributed by atoms with Gasteiger partial charge < -0.3 is 9.72 Å². The van der Waals surface area contributed by atoms with Gasteiger partial charge in [0.15, 0.2) is 0 Å². The fourth-order valence-corrected chi connectivity index (χ4v) is 2.12. The van der Waals surface area contributed by atoms with Crippen LogP contribution in [0.15, 0.2) is 43.0 Å². The van der Waals surface area contributed by atoms with Gasteiger partial charge in [0.25, 0.3) is 0 Å². The Morgan fingerprint density at radius 2 is 2.09 bits per heavy atom. The van der Waals surface area contributed by atoms with Gasteiger partial charge in [-0.15, -0.1) is 0 Å². The second-order valence-electron chi connectivity index (χ2n) is 4.90. The lowest BCUT2D eigenvalue weighted by atomic mass is 10.1. The minimum Gasteiger partial charge on any atom is -0.407 e. The summed E-state index contributed by atoms with van der Waals surface area (Å²) in [6.07, 6.45) is 5.17. The Morgan fingerprint density at radius 1 is 1.30 bits per heavy atom. The summed E-state index contributed by atoms with van der Waals surface area (Å²) in [7, 11) is 0. The Labute approximate surface area is 132 Å². The Balaban J connectivity index is 1.99. The molecule has 0 spiro atoms. The van der Waals surface area contributed by atoms with Crippen LogP contribution in [0.5, 0.6) is 5.88 Å². The maximum absolute atomic E-state index is 13.1. The van der Waals surface area contributed by atoms with Gasteiger partial charge in [-0.05, 0) is 24.3 Å². The molecule has 6 nitrogen and oxygen atoms in total. The van der Waals surface area contributed by atoms with Crippen molar-refractivity contribution in [3.05, 3.63) is 54.6 Å². The predicted molar refractivity (Wildman–Crippen MR) is 81.2 cm³/mol. The third-order valence-corrected chi connectivity index (χ3v) is 3.28. The second-order valence-corrected chi connectivity index (χ2v) is 4.90. The number of imidazole rings is 2. The smallest absolute Gasteiger partial charge is 0.312 e. The molecule has 3 rings (SSSR count). The number of aromatic nitrogens is 4. The minimum absolute atomic E-state index is 0.245. The van der Waals surface area contributed by atoms with Crippen LogP contribution in [-0.2, 0) is 11.3 Å². The van der Waals surface area contributed by atoms with Crippen molar-refractivity contribution in [1.29, 1.82) is 0 Å². The monoisotopic (exact) mass is 314 g/mol. The first-order chi connectivity index (χ1) is 11.2. The van der Waals surface area contributed by atoms with Crippen molar-refractivity contribution in [1.82, 2.24) is 19.5 Å². The van der Waals surface area contributed by atoms with Gasteiger partial charge in [-0.1, -0.05) is 6.92 Å². The largest absolute Gasteiger partial charge is 0.407 e. The Morgan fingerprint density at radius 3 is 2.74 bits per heavy atom. The molecule has 0 aliphatic rings. The van der Waals surface area contributed by atoms with Gasteiger partial charge >= 0.3 is 5.97 Å². The van der Waals surface area contributed by atoms with E-state index in [1.807, 2.05) is 0 Å². The summed E-state index contributed by atoms with van der Waals surface area (Å²) in [6.45, 7) is 2.10. The average Bonchev–Trinajstić information content (AvgIpc) is 3.19. The number of benzene rings is 1. The third-order valence-electron chi connectivity index (χ3n) is 3.28. The SMILES string of the molecule is CCC(=O)Oc1c(-c2ccc(F)cc2)ncn1Cc1ncc[nH]1. The molecule has 0 atom stereocenters. The maximum atomic E-state index is 13.1. The van der Waals surface area contributed by atoms with E-state index in [0.29, 0.717) is 29.5 Å². The van der Waals surface area contributed by atoms with Crippen LogP contribution in [-0.4, -0.2) is 25.5 Å². The van der Waals surface area contributed by atoms with Gasteiger partial charge in [0.1, 0.15) is 17.3 Å². The van der Waals surface area contributed by atoms with E-state index < -0.39 is 0 Å². The number of H-pyrrole nitrogens is 1. The van der Waals surface area contributed by atoms with Crippen LogP contribution in [0.25, 0.3) is 11.3 Å². The number of carbonyl (C=O) groups is 1. The lowest BCUT2D eigenvalue weighted by Crippen LogP contribution is -2.11. The number of aromatic amines is 1. The predicted octanol–water partition coefficient (Wildman–Crippen LogP) is 2.78. The highest BCUT2D eigenvalue weighted by atomic mass is 19.1. The van der Waals surface area contributed by atoms with Crippen LogP contribution in [0.3, 0.4) is 0 Å². The number of esters is 1. The summed E-state index contributed by atoms with van der Waals surface area (Å²) in [4.78, 5) is 23.2. The van der Waals surface area contributed by atoms with E-state index in [0.717, 1.165) is 0 Å². The molecule has 2 heterocycles. The zero-order chi connectivity index (χ0) is 16.2. The van der Waals surface area contributed by atoms with Crippen LogP contribution in [0.4, 0.5) is 4.39 Å².